The van der Waals surface area contributed by atoms with Crippen molar-refractivity contribution in [1.82, 2.24) is 15.0 Å². The number of carbonyl (C=O) groups excluding carboxylic acids is 1. The molecule has 1 fully saturated rings. The van der Waals surface area contributed by atoms with Gasteiger partial charge >= 0.3 is 0 Å². The summed E-state index contributed by atoms with van der Waals surface area (Å²) < 4.78 is 5.28. The van der Waals surface area contributed by atoms with Crippen LogP contribution in [0.25, 0.3) is 0 Å². The number of rotatable bonds is 8. The summed E-state index contributed by atoms with van der Waals surface area (Å²) in [5, 5.41) is 4.08. The smallest absolute Gasteiger partial charge is 0.229 e. The van der Waals surface area contributed by atoms with Crippen LogP contribution >= 0.6 is 12.4 Å². The van der Waals surface area contributed by atoms with Gasteiger partial charge in [-0.1, -0.05) is 31.8 Å². The van der Waals surface area contributed by atoms with Gasteiger partial charge in [0.1, 0.15) is 0 Å². The van der Waals surface area contributed by atoms with Crippen LogP contribution in [0.4, 0.5) is 0 Å². The molecule has 23 heavy (non-hydrogen) atoms. The Bertz CT molecular complexity index is 478. The fourth-order valence-corrected chi connectivity index (χ4v) is 2.87. The van der Waals surface area contributed by atoms with Crippen LogP contribution in [0, 0.1) is 0 Å². The molecule has 0 radical (unpaired) electrons. The van der Waals surface area contributed by atoms with E-state index in [1.54, 1.807) is 0 Å². The van der Waals surface area contributed by atoms with Gasteiger partial charge in [0.25, 0.3) is 0 Å². The Hall–Kier alpha value is -1.14. The zero-order chi connectivity index (χ0) is 15.9. The van der Waals surface area contributed by atoms with Gasteiger partial charge in [0.15, 0.2) is 5.82 Å². The summed E-state index contributed by atoms with van der Waals surface area (Å²) in [5.74, 6) is 1.74. The first-order valence-corrected chi connectivity index (χ1v) is 8.46. The predicted octanol–water partition coefficient (Wildman–Crippen LogP) is 3.19. The predicted molar refractivity (Wildman–Crippen MR) is 91.5 cm³/mol. The van der Waals surface area contributed by atoms with Crippen LogP contribution in [0.15, 0.2) is 4.52 Å². The number of hydrogen-bond donors (Lipinski definition) is 1. The van der Waals surface area contributed by atoms with Gasteiger partial charge in [0.05, 0.1) is 6.04 Å². The van der Waals surface area contributed by atoms with Gasteiger partial charge in [0.2, 0.25) is 11.8 Å². The molecular weight excluding hydrogens is 316 g/mol. The van der Waals surface area contributed by atoms with Crippen LogP contribution in [0.5, 0.6) is 0 Å². The van der Waals surface area contributed by atoms with Crippen molar-refractivity contribution in [3.63, 3.8) is 0 Å². The van der Waals surface area contributed by atoms with Crippen LogP contribution in [-0.4, -0.2) is 34.0 Å². The highest BCUT2D eigenvalue weighted by atomic mass is 35.5. The van der Waals surface area contributed by atoms with Crippen LogP contribution in [0.3, 0.4) is 0 Å². The van der Waals surface area contributed by atoms with E-state index in [-0.39, 0.29) is 30.3 Å². The van der Waals surface area contributed by atoms with Gasteiger partial charge in [-0.15, -0.1) is 12.4 Å². The molecule has 2 heterocycles. The summed E-state index contributed by atoms with van der Waals surface area (Å²) >= 11 is 0. The number of nitrogens with two attached hydrogens (primary N) is 1. The van der Waals surface area contributed by atoms with Crippen LogP contribution < -0.4 is 5.73 Å². The molecule has 1 saturated heterocycles. The molecule has 2 N–H and O–H groups in total. The van der Waals surface area contributed by atoms with E-state index in [1.807, 2.05) is 18.7 Å². The summed E-state index contributed by atoms with van der Waals surface area (Å²) in [6.07, 6.45) is 6.70. The Kier molecular flexibility index (Phi) is 8.55. The normalized spacial score (nSPS) is 17.6. The summed E-state index contributed by atoms with van der Waals surface area (Å²) in [6.45, 7) is 5.59. The molecule has 1 aromatic heterocycles. The Morgan fingerprint density at radius 1 is 1.35 bits per heavy atom. The lowest BCUT2D eigenvalue weighted by molar-refractivity contribution is -0.132. The molecule has 1 atom stereocenters. The molecule has 7 heteroatoms. The highest BCUT2D eigenvalue weighted by Gasteiger charge is 2.33. The van der Waals surface area contributed by atoms with E-state index < -0.39 is 0 Å². The zero-order valence-electron chi connectivity index (χ0n) is 14.2. The van der Waals surface area contributed by atoms with Crippen molar-refractivity contribution in [2.75, 3.05) is 13.1 Å². The molecule has 1 unspecified atom stereocenters. The minimum atomic E-state index is -0.00667. The topological polar surface area (TPSA) is 85.2 Å². The number of likely N-dealkylation sites (tertiary alicyclic amines) is 1. The molecule has 1 aromatic rings. The number of hydrogen-bond acceptors (Lipinski definition) is 5. The summed E-state index contributed by atoms with van der Waals surface area (Å²) in [7, 11) is 0. The minimum Gasteiger partial charge on any atom is -0.339 e. The van der Waals surface area contributed by atoms with Crippen molar-refractivity contribution < 1.29 is 9.32 Å². The zero-order valence-corrected chi connectivity index (χ0v) is 15.0. The number of unbranched alkanes of at least 4 members (excludes halogenated alkanes) is 3. The van der Waals surface area contributed by atoms with Gasteiger partial charge in [-0.3, -0.25) is 4.79 Å². The van der Waals surface area contributed by atoms with E-state index in [1.165, 1.54) is 0 Å². The summed E-state index contributed by atoms with van der Waals surface area (Å²) in [4.78, 5) is 18.8. The van der Waals surface area contributed by atoms with Gasteiger partial charge in [-0.05, 0) is 32.2 Å². The number of aromatic nitrogens is 2. The Morgan fingerprint density at radius 3 is 2.74 bits per heavy atom. The van der Waals surface area contributed by atoms with Crippen molar-refractivity contribution in [3.05, 3.63) is 11.7 Å². The molecular formula is C16H29ClN4O2. The van der Waals surface area contributed by atoms with Crippen molar-refractivity contribution in [1.29, 1.82) is 0 Å². The lowest BCUT2D eigenvalue weighted by Gasteiger charge is -2.22. The number of amides is 1. The molecule has 0 spiro atoms. The average molecular weight is 345 g/mol. The maximum Gasteiger partial charge on any atom is 0.229 e. The monoisotopic (exact) mass is 344 g/mol. The van der Waals surface area contributed by atoms with E-state index in [2.05, 4.69) is 10.1 Å². The lowest BCUT2D eigenvalue weighted by Crippen LogP contribution is -2.30. The van der Waals surface area contributed by atoms with Crippen LogP contribution in [0.2, 0.25) is 0 Å². The fraction of sp³-hybridized carbons (Fsp3) is 0.812. The Labute approximate surface area is 144 Å². The second-order valence-electron chi connectivity index (χ2n) is 6.34. The standard InChI is InChI=1S/C16H28N4O2.ClH/c1-12(2)16-18-15(19-22-16)13-8-7-11-20(13)14(21)9-5-3-4-6-10-17;/h12-13H,3-11,17H2,1-2H3;1H. The molecule has 0 bridgehead atoms. The van der Waals surface area contributed by atoms with E-state index in [0.717, 1.165) is 51.6 Å². The molecule has 1 aliphatic heterocycles. The first-order valence-electron chi connectivity index (χ1n) is 8.46. The fourth-order valence-electron chi connectivity index (χ4n) is 2.87. The summed E-state index contributed by atoms with van der Waals surface area (Å²) in [6, 6.07) is -0.00667. The summed E-state index contributed by atoms with van der Waals surface area (Å²) in [5.41, 5.74) is 5.48. The van der Waals surface area contributed by atoms with Gasteiger partial charge in [-0.25, -0.2) is 0 Å². The third-order valence-electron chi connectivity index (χ3n) is 4.17. The highest BCUT2D eigenvalue weighted by Crippen LogP contribution is 2.31. The van der Waals surface area contributed by atoms with Gasteiger partial charge < -0.3 is 15.2 Å². The second-order valence-corrected chi connectivity index (χ2v) is 6.34. The minimum absolute atomic E-state index is 0. The lowest BCUT2D eigenvalue weighted by atomic mass is 10.1. The largest absolute Gasteiger partial charge is 0.339 e. The van der Waals surface area contributed by atoms with E-state index in [0.29, 0.717) is 18.1 Å². The highest BCUT2D eigenvalue weighted by molar-refractivity contribution is 5.85. The van der Waals surface area contributed by atoms with Crippen LogP contribution in [-0.2, 0) is 4.79 Å². The second kappa shape index (κ2) is 9.88. The van der Waals surface area contributed by atoms with E-state index in [4.69, 9.17) is 10.3 Å². The number of nitrogens with zero attached hydrogens (tertiary/aromatic N) is 3. The quantitative estimate of drug-likeness (QED) is 0.732. The van der Waals surface area contributed by atoms with Crippen molar-refractivity contribution >= 4 is 18.3 Å². The van der Waals surface area contributed by atoms with Crippen molar-refractivity contribution in [2.24, 2.45) is 5.73 Å². The molecule has 132 valence electrons. The maximum absolute atomic E-state index is 12.4. The molecule has 1 amide bonds. The third-order valence-corrected chi connectivity index (χ3v) is 4.17. The first-order chi connectivity index (χ1) is 10.6. The van der Waals surface area contributed by atoms with Crippen LogP contribution in [0.1, 0.15) is 82.5 Å². The Morgan fingerprint density at radius 2 is 2.09 bits per heavy atom. The van der Waals surface area contributed by atoms with Gasteiger partial charge in [0, 0.05) is 18.9 Å². The third kappa shape index (κ3) is 5.46. The van der Waals surface area contributed by atoms with Gasteiger partial charge in [-0.2, -0.15) is 4.98 Å². The molecule has 0 aromatic carbocycles. The molecule has 6 nitrogen and oxygen atoms in total. The average Bonchev–Trinajstić information content (AvgIpc) is 3.15. The molecule has 0 aliphatic carbocycles. The number of carbonyl (C=O) groups is 1. The van der Waals surface area contributed by atoms with E-state index in [9.17, 15) is 4.79 Å². The molecule has 1 aliphatic rings. The molecule has 2 rings (SSSR count). The Balaban J connectivity index is 0.00000264. The van der Waals surface area contributed by atoms with E-state index >= 15 is 0 Å². The maximum atomic E-state index is 12.4. The SMILES string of the molecule is CC(C)c1nc(C2CCCN2C(=O)CCCCCCN)no1.Cl. The first kappa shape index (κ1) is 19.9. The van der Waals surface area contributed by atoms with Crippen molar-refractivity contribution in [3.8, 4) is 0 Å². The molecule has 0 saturated carbocycles. The number of halogens is 1. The van der Waals surface area contributed by atoms with Crippen molar-refractivity contribution in [2.45, 2.75) is 70.8 Å².